The summed E-state index contributed by atoms with van der Waals surface area (Å²) in [5, 5.41) is 21.8. The third kappa shape index (κ3) is 4.67. The number of nitrogens with zero attached hydrogens (tertiary/aromatic N) is 1. The second-order valence-electron chi connectivity index (χ2n) is 6.92. The van der Waals surface area contributed by atoms with E-state index in [0.29, 0.717) is 32.4 Å². The molecule has 1 saturated heterocycles. The van der Waals surface area contributed by atoms with Gasteiger partial charge in [-0.2, -0.15) is 0 Å². The summed E-state index contributed by atoms with van der Waals surface area (Å²) in [4.78, 5) is 25.0. The molecule has 0 bridgehead atoms. The van der Waals surface area contributed by atoms with Gasteiger partial charge in [-0.25, -0.2) is 9.59 Å². The molecule has 0 aromatic rings. The fourth-order valence-electron chi connectivity index (χ4n) is 2.33. The number of rotatable bonds is 2. The van der Waals surface area contributed by atoms with Gasteiger partial charge in [0.1, 0.15) is 6.04 Å². The molecule has 0 aromatic heterocycles. The van der Waals surface area contributed by atoms with E-state index in [1.807, 2.05) is 0 Å². The number of hydrogen-bond acceptors (Lipinski definition) is 3. The number of aliphatic hydroxyl groups is 1. The van der Waals surface area contributed by atoms with Crippen LogP contribution in [0.25, 0.3) is 0 Å². The Bertz CT molecular complexity index is 374. The van der Waals surface area contributed by atoms with Crippen molar-refractivity contribution in [2.24, 2.45) is 5.41 Å². The molecule has 6 nitrogen and oxygen atoms in total. The van der Waals surface area contributed by atoms with Crippen LogP contribution in [0.4, 0.5) is 4.79 Å². The number of carboxylic acids is 1. The van der Waals surface area contributed by atoms with Crippen LogP contribution >= 0.6 is 0 Å². The summed E-state index contributed by atoms with van der Waals surface area (Å²) in [6.07, 6.45) is 1.87. The molecule has 1 heterocycles. The zero-order chi connectivity index (χ0) is 15.6. The van der Waals surface area contributed by atoms with Gasteiger partial charge >= 0.3 is 12.0 Å². The fraction of sp³-hybridized carbons (Fsp3) is 0.857. The standard InChI is InChI=1S/C14H26N2O4/c1-13(2,3)10(11(17)18)15-12(19)16-8-5-6-14(4,20)7-9-16/h10,20H,5-9H2,1-4H3,(H,15,19)(H,17,18). The minimum Gasteiger partial charge on any atom is -0.480 e. The van der Waals surface area contributed by atoms with Crippen molar-refractivity contribution in [2.75, 3.05) is 13.1 Å². The van der Waals surface area contributed by atoms with Crippen molar-refractivity contribution in [1.82, 2.24) is 10.2 Å². The van der Waals surface area contributed by atoms with Crippen LogP contribution in [0.3, 0.4) is 0 Å². The van der Waals surface area contributed by atoms with Gasteiger partial charge in [0.25, 0.3) is 0 Å². The molecule has 1 aliphatic heterocycles. The molecule has 2 unspecified atom stereocenters. The number of carbonyl (C=O) groups is 2. The lowest BCUT2D eigenvalue weighted by atomic mass is 9.87. The molecule has 0 radical (unpaired) electrons. The number of carbonyl (C=O) groups excluding carboxylic acids is 1. The van der Waals surface area contributed by atoms with Crippen molar-refractivity contribution in [1.29, 1.82) is 0 Å². The Kier molecular flexibility index (Phi) is 5.02. The van der Waals surface area contributed by atoms with Gasteiger partial charge in [-0.3, -0.25) is 0 Å². The van der Waals surface area contributed by atoms with Crippen molar-refractivity contribution in [3.63, 3.8) is 0 Å². The van der Waals surface area contributed by atoms with E-state index in [4.69, 9.17) is 0 Å². The molecule has 6 heteroatoms. The van der Waals surface area contributed by atoms with E-state index in [1.165, 1.54) is 0 Å². The Morgan fingerprint density at radius 2 is 1.85 bits per heavy atom. The monoisotopic (exact) mass is 286 g/mol. The average molecular weight is 286 g/mol. The molecule has 0 aromatic carbocycles. The maximum absolute atomic E-state index is 12.2. The van der Waals surface area contributed by atoms with Gasteiger partial charge in [0.15, 0.2) is 0 Å². The zero-order valence-corrected chi connectivity index (χ0v) is 12.8. The number of carboxylic acid groups (broad SMARTS) is 1. The Hall–Kier alpha value is -1.30. The average Bonchev–Trinajstić information content (AvgIpc) is 2.44. The van der Waals surface area contributed by atoms with Crippen molar-refractivity contribution < 1.29 is 19.8 Å². The summed E-state index contributed by atoms with van der Waals surface area (Å²) in [5.74, 6) is -1.03. The van der Waals surface area contributed by atoms with Gasteiger partial charge in [0.05, 0.1) is 5.60 Å². The molecule has 1 fully saturated rings. The van der Waals surface area contributed by atoms with Gasteiger partial charge in [0, 0.05) is 13.1 Å². The van der Waals surface area contributed by atoms with E-state index in [2.05, 4.69) is 5.32 Å². The van der Waals surface area contributed by atoms with E-state index in [0.717, 1.165) is 0 Å². The molecular weight excluding hydrogens is 260 g/mol. The molecule has 0 spiro atoms. The number of likely N-dealkylation sites (tertiary alicyclic amines) is 1. The molecule has 0 aliphatic carbocycles. The number of amides is 2. The van der Waals surface area contributed by atoms with Crippen LogP contribution in [-0.4, -0.2) is 51.8 Å². The van der Waals surface area contributed by atoms with Crippen molar-refractivity contribution in [3.05, 3.63) is 0 Å². The quantitative estimate of drug-likeness (QED) is 0.716. The van der Waals surface area contributed by atoms with Crippen LogP contribution in [-0.2, 0) is 4.79 Å². The molecule has 1 aliphatic rings. The van der Waals surface area contributed by atoms with Gasteiger partial charge < -0.3 is 20.4 Å². The smallest absolute Gasteiger partial charge is 0.326 e. The zero-order valence-electron chi connectivity index (χ0n) is 12.8. The normalized spacial score (nSPS) is 25.8. The topological polar surface area (TPSA) is 89.9 Å². The molecule has 0 saturated carbocycles. The van der Waals surface area contributed by atoms with Crippen LogP contribution in [0.5, 0.6) is 0 Å². The van der Waals surface area contributed by atoms with Crippen molar-refractivity contribution in [3.8, 4) is 0 Å². The van der Waals surface area contributed by atoms with Gasteiger partial charge in [0.2, 0.25) is 0 Å². The molecule has 20 heavy (non-hydrogen) atoms. The number of urea groups is 1. The Labute approximate surface area is 120 Å². The first-order valence-corrected chi connectivity index (χ1v) is 7.03. The van der Waals surface area contributed by atoms with E-state index in [9.17, 15) is 19.8 Å². The predicted molar refractivity (Wildman–Crippen MR) is 75.5 cm³/mol. The van der Waals surface area contributed by atoms with Gasteiger partial charge in [-0.1, -0.05) is 20.8 Å². The Morgan fingerprint density at radius 1 is 1.25 bits per heavy atom. The maximum atomic E-state index is 12.2. The summed E-state index contributed by atoms with van der Waals surface area (Å²) >= 11 is 0. The first kappa shape index (κ1) is 16.8. The summed E-state index contributed by atoms with van der Waals surface area (Å²) < 4.78 is 0. The van der Waals surface area contributed by atoms with Crippen LogP contribution in [0.2, 0.25) is 0 Å². The lowest BCUT2D eigenvalue weighted by molar-refractivity contribution is -0.142. The van der Waals surface area contributed by atoms with Crippen LogP contribution < -0.4 is 5.32 Å². The van der Waals surface area contributed by atoms with Gasteiger partial charge in [-0.05, 0) is 31.6 Å². The predicted octanol–water partition coefficient (Wildman–Crippen LogP) is 1.43. The summed E-state index contributed by atoms with van der Waals surface area (Å²) in [5.41, 5.74) is -1.30. The fourth-order valence-corrected chi connectivity index (χ4v) is 2.33. The van der Waals surface area contributed by atoms with Crippen LogP contribution in [0.1, 0.15) is 47.0 Å². The van der Waals surface area contributed by atoms with Crippen LogP contribution in [0.15, 0.2) is 0 Å². The van der Waals surface area contributed by atoms with E-state index in [-0.39, 0.29) is 6.03 Å². The lowest BCUT2D eigenvalue weighted by Crippen LogP contribution is -2.53. The van der Waals surface area contributed by atoms with E-state index in [1.54, 1.807) is 32.6 Å². The molecule has 1 rings (SSSR count). The molecule has 2 atom stereocenters. The number of nitrogens with one attached hydrogen (secondary N) is 1. The highest BCUT2D eigenvalue weighted by atomic mass is 16.4. The highest BCUT2D eigenvalue weighted by Crippen LogP contribution is 2.23. The van der Waals surface area contributed by atoms with E-state index >= 15 is 0 Å². The summed E-state index contributed by atoms with van der Waals surface area (Å²) in [7, 11) is 0. The second-order valence-corrected chi connectivity index (χ2v) is 6.92. The second kappa shape index (κ2) is 5.99. The summed E-state index contributed by atoms with van der Waals surface area (Å²) in [6.45, 7) is 8.08. The first-order valence-electron chi connectivity index (χ1n) is 7.03. The van der Waals surface area contributed by atoms with Crippen molar-refractivity contribution >= 4 is 12.0 Å². The highest BCUT2D eigenvalue weighted by Gasteiger charge is 2.34. The van der Waals surface area contributed by atoms with Gasteiger partial charge in [-0.15, -0.1) is 0 Å². The highest BCUT2D eigenvalue weighted by molar-refractivity contribution is 5.83. The minimum absolute atomic E-state index is 0.370. The van der Waals surface area contributed by atoms with E-state index < -0.39 is 23.0 Å². The lowest BCUT2D eigenvalue weighted by Gasteiger charge is -2.30. The molecule has 3 N–H and O–H groups in total. The Morgan fingerprint density at radius 3 is 2.35 bits per heavy atom. The molecular formula is C14H26N2O4. The van der Waals surface area contributed by atoms with Crippen LogP contribution in [0, 0.1) is 5.41 Å². The first-order chi connectivity index (χ1) is 9.03. The number of aliphatic carboxylic acids is 1. The SMILES string of the molecule is CC1(O)CCCN(C(=O)NC(C(=O)O)C(C)(C)C)CC1. The third-order valence-corrected chi connectivity index (χ3v) is 3.73. The molecule has 116 valence electrons. The Balaban J connectivity index is 2.68. The molecule has 2 amide bonds. The summed E-state index contributed by atoms with van der Waals surface area (Å²) in [6, 6.07) is -1.30. The third-order valence-electron chi connectivity index (χ3n) is 3.73. The van der Waals surface area contributed by atoms with Crippen molar-refractivity contribution in [2.45, 2.75) is 58.6 Å². The maximum Gasteiger partial charge on any atom is 0.326 e. The number of hydrogen-bond donors (Lipinski definition) is 3. The minimum atomic E-state index is -1.03. The largest absolute Gasteiger partial charge is 0.480 e.